The molecule has 0 saturated carbocycles. The number of esters is 1. The van der Waals surface area contributed by atoms with Gasteiger partial charge in [0.25, 0.3) is 0 Å². The first-order valence-electron chi connectivity index (χ1n) is 8.93. The Kier molecular flexibility index (Phi) is 4.97. The average Bonchev–Trinajstić information content (AvgIpc) is 2.94. The number of Topliss-reactive ketones (excluding diaryl/α,β-unsaturated/α-hetero) is 1. The summed E-state index contributed by atoms with van der Waals surface area (Å²) in [6.07, 6.45) is 0. The van der Waals surface area contributed by atoms with Gasteiger partial charge in [0.05, 0.1) is 17.8 Å². The lowest BCUT2D eigenvalue weighted by Gasteiger charge is -2.39. The Labute approximate surface area is 156 Å². The number of hydrogen-bond donors (Lipinski definition) is 0. The molecule has 146 valence electrons. The van der Waals surface area contributed by atoms with E-state index >= 15 is 0 Å². The molecule has 0 spiro atoms. The molecule has 3 rings (SSSR count). The summed E-state index contributed by atoms with van der Waals surface area (Å²) in [5.74, 6) is -2.08. The largest absolute Gasteiger partial charge is 0.465 e. The molecule has 0 fully saturated rings. The number of aromatic nitrogens is 1. The molecule has 1 aromatic heterocycles. The minimum absolute atomic E-state index is 0.0113. The maximum absolute atomic E-state index is 13.2. The standard InChI is InChI=1S/C20H23F2NO4/c1-5-26-18(25)16-12(20(2,3)4)10-23-13-7-6-8-15(27-19(21)22)11(13)9-14(23)17(16)24/h6-9,12,16,19H,5,10H2,1-4H3. The minimum Gasteiger partial charge on any atom is -0.465 e. The van der Waals surface area contributed by atoms with E-state index in [9.17, 15) is 18.4 Å². The Hall–Kier alpha value is -2.44. The van der Waals surface area contributed by atoms with E-state index in [1.165, 1.54) is 12.1 Å². The lowest BCUT2D eigenvalue weighted by molar-refractivity contribution is -0.150. The summed E-state index contributed by atoms with van der Waals surface area (Å²) in [5.41, 5.74) is 0.611. The van der Waals surface area contributed by atoms with Gasteiger partial charge in [-0.15, -0.1) is 0 Å². The summed E-state index contributed by atoms with van der Waals surface area (Å²) in [6, 6.07) is 6.34. The van der Waals surface area contributed by atoms with Crippen molar-refractivity contribution in [1.82, 2.24) is 4.57 Å². The number of fused-ring (bicyclic) bond motifs is 3. The van der Waals surface area contributed by atoms with Crippen LogP contribution in [0.3, 0.4) is 0 Å². The summed E-state index contributed by atoms with van der Waals surface area (Å²) in [7, 11) is 0. The van der Waals surface area contributed by atoms with Crippen LogP contribution in [0.25, 0.3) is 10.9 Å². The first-order chi connectivity index (χ1) is 12.6. The van der Waals surface area contributed by atoms with Crippen LogP contribution in [-0.2, 0) is 16.1 Å². The third kappa shape index (κ3) is 3.42. The van der Waals surface area contributed by atoms with Gasteiger partial charge in [-0.3, -0.25) is 9.59 Å². The lowest BCUT2D eigenvalue weighted by Crippen LogP contribution is -2.45. The van der Waals surface area contributed by atoms with E-state index in [4.69, 9.17) is 4.74 Å². The van der Waals surface area contributed by atoms with Crippen molar-refractivity contribution in [2.75, 3.05) is 6.61 Å². The van der Waals surface area contributed by atoms with Crippen molar-refractivity contribution in [3.63, 3.8) is 0 Å². The van der Waals surface area contributed by atoms with Crippen molar-refractivity contribution in [1.29, 1.82) is 0 Å². The van der Waals surface area contributed by atoms with Crippen LogP contribution in [0.2, 0.25) is 0 Å². The number of halogens is 2. The van der Waals surface area contributed by atoms with Crippen molar-refractivity contribution in [2.24, 2.45) is 17.3 Å². The second-order valence-corrected chi connectivity index (χ2v) is 7.77. The maximum Gasteiger partial charge on any atom is 0.387 e. The number of carbonyl (C=O) groups is 2. The van der Waals surface area contributed by atoms with E-state index in [1.54, 1.807) is 23.6 Å². The Balaban J connectivity index is 2.16. The van der Waals surface area contributed by atoms with Crippen molar-refractivity contribution in [2.45, 2.75) is 40.9 Å². The van der Waals surface area contributed by atoms with Gasteiger partial charge in [0.15, 0.2) is 5.78 Å². The van der Waals surface area contributed by atoms with Crippen LogP contribution in [0.5, 0.6) is 5.75 Å². The highest BCUT2D eigenvalue weighted by molar-refractivity contribution is 6.11. The number of ether oxygens (including phenoxy) is 2. The zero-order chi connectivity index (χ0) is 19.9. The molecule has 2 unspecified atom stereocenters. The van der Waals surface area contributed by atoms with Gasteiger partial charge >= 0.3 is 12.6 Å². The van der Waals surface area contributed by atoms with Crippen molar-refractivity contribution in [3.8, 4) is 5.75 Å². The van der Waals surface area contributed by atoms with E-state index in [0.717, 1.165) is 0 Å². The summed E-state index contributed by atoms with van der Waals surface area (Å²) >= 11 is 0. The third-order valence-electron chi connectivity index (χ3n) is 5.09. The zero-order valence-electron chi connectivity index (χ0n) is 15.8. The Morgan fingerprint density at radius 3 is 2.63 bits per heavy atom. The molecule has 0 amide bonds. The van der Waals surface area contributed by atoms with Gasteiger partial charge in [-0.05, 0) is 30.5 Å². The van der Waals surface area contributed by atoms with Crippen LogP contribution < -0.4 is 4.74 Å². The first-order valence-corrected chi connectivity index (χ1v) is 8.93. The fraction of sp³-hybridized carbons (Fsp3) is 0.500. The van der Waals surface area contributed by atoms with Crippen LogP contribution in [-0.4, -0.2) is 29.5 Å². The molecule has 7 heteroatoms. The monoisotopic (exact) mass is 379 g/mol. The molecule has 0 radical (unpaired) electrons. The number of benzene rings is 1. The normalized spacial score (nSPS) is 20.0. The average molecular weight is 379 g/mol. The Morgan fingerprint density at radius 1 is 1.33 bits per heavy atom. The SMILES string of the molecule is CCOC(=O)C1C(=O)c2cc3c(OC(F)F)cccc3n2CC1C(C)(C)C. The number of carbonyl (C=O) groups excluding carboxylic acids is 2. The van der Waals surface area contributed by atoms with Gasteiger partial charge in [-0.25, -0.2) is 0 Å². The molecular formula is C20H23F2NO4. The number of hydrogen-bond acceptors (Lipinski definition) is 4. The number of ketones is 1. The summed E-state index contributed by atoms with van der Waals surface area (Å²) < 4.78 is 37.0. The van der Waals surface area contributed by atoms with Gasteiger partial charge in [-0.2, -0.15) is 8.78 Å². The van der Waals surface area contributed by atoms with Gasteiger partial charge in [0.2, 0.25) is 0 Å². The lowest BCUT2D eigenvalue weighted by atomic mass is 9.69. The van der Waals surface area contributed by atoms with Crippen molar-refractivity contribution in [3.05, 3.63) is 30.0 Å². The van der Waals surface area contributed by atoms with Gasteiger partial charge < -0.3 is 14.0 Å². The first kappa shape index (κ1) is 19.3. The van der Waals surface area contributed by atoms with Crippen LogP contribution in [0.15, 0.2) is 24.3 Å². The predicted octanol–water partition coefficient (Wildman–Crippen LogP) is 4.28. The molecular weight excluding hydrogens is 356 g/mol. The zero-order valence-corrected chi connectivity index (χ0v) is 15.8. The second kappa shape index (κ2) is 6.94. The molecule has 2 atom stereocenters. The maximum atomic E-state index is 13.2. The van der Waals surface area contributed by atoms with Crippen LogP contribution in [0.1, 0.15) is 38.2 Å². The minimum atomic E-state index is -2.96. The molecule has 1 aliphatic rings. The number of alkyl halides is 2. The molecule has 0 N–H and O–H groups in total. The topological polar surface area (TPSA) is 57.5 Å². The molecule has 1 aromatic carbocycles. The molecule has 2 heterocycles. The Bertz CT molecular complexity index is 882. The van der Waals surface area contributed by atoms with Gasteiger partial charge in [0.1, 0.15) is 11.7 Å². The van der Waals surface area contributed by atoms with E-state index in [-0.39, 0.29) is 29.5 Å². The van der Waals surface area contributed by atoms with Crippen LogP contribution >= 0.6 is 0 Å². The highest BCUT2D eigenvalue weighted by Crippen LogP contribution is 2.42. The second-order valence-electron chi connectivity index (χ2n) is 7.77. The molecule has 0 saturated heterocycles. The molecule has 0 bridgehead atoms. The van der Waals surface area contributed by atoms with Crippen LogP contribution in [0.4, 0.5) is 8.78 Å². The summed E-state index contributed by atoms with van der Waals surface area (Å²) in [6.45, 7) is 5.25. The molecule has 27 heavy (non-hydrogen) atoms. The number of nitrogens with zero attached hydrogens (tertiary/aromatic N) is 1. The van der Waals surface area contributed by atoms with E-state index in [1.807, 2.05) is 20.8 Å². The molecule has 0 aliphatic carbocycles. The van der Waals surface area contributed by atoms with Crippen molar-refractivity contribution < 1.29 is 27.8 Å². The fourth-order valence-corrected chi connectivity index (χ4v) is 3.78. The quantitative estimate of drug-likeness (QED) is 0.588. The van der Waals surface area contributed by atoms with E-state index < -0.39 is 18.5 Å². The highest BCUT2D eigenvalue weighted by Gasteiger charge is 2.47. The van der Waals surface area contributed by atoms with Crippen LogP contribution in [0, 0.1) is 17.3 Å². The Morgan fingerprint density at radius 2 is 2.04 bits per heavy atom. The van der Waals surface area contributed by atoms with E-state index in [2.05, 4.69) is 4.74 Å². The van der Waals surface area contributed by atoms with E-state index in [0.29, 0.717) is 23.1 Å². The van der Waals surface area contributed by atoms with Crippen molar-refractivity contribution >= 4 is 22.7 Å². The fourth-order valence-electron chi connectivity index (χ4n) is 3.78. The van der Waals surface area contributed by atoms with Gasteiger partial charge in [0, 0.05) is 17.8 Å². The number of rotatable bonds is 4. The summed E-state index contributed by atoms with van der Waals surface area (Å²) in [4.78, 5) is 25.7. The molecule has 2 aromatic rings. The van der Waals surface area contributed by atoms with Gasteiger partial charge in [-0.1, -0.05) is 26.8 Å². The smallest absolute Gasteiger partial charge is 0.387 e. The molecule has 1 aliphatic heterocycles. The highest BCUT2D eigenvalue weighted by atomic mass is 19.3. The summed E-state index contributed by atoms with van der Waals surface area (Å²) in [5, 5.41) is 0.429. The third-order valence-corrected chi connectivity index (χ3v) is 5.09. The molecule has 5 nitrogen and oxygen atoms in total. The predicted molar refractivity (Wildman–Crippen MR) is 96.0 cm³/mol.